The molecular formula is C18H17N7O. The average Bonchev–Trinajstić information content (AvgIpc) is 2.63. The Morgan fingerprint density at radius 2 is 1.85 bits per heavy atom. The van der Waals surface area contributed by atoms with Crippen molar-refractivity contribution in [3.63, 3.8) is 0 Å². The Morgan fingerprint density at radius 1 is 1.08 bits per heavy atom. The largest absolute Gasteiger partial charge is 0.398 e. The van der Waals surface area contributed by atoms with Gasteiger partial charge in [-0.3, -0.25) is 4.79 Å². The summed E-state index contributed by atoms with van der Waals surface area (Å²) < 4.78 is 0. The van der Waals surface area contributed by atoms with E-state index in [1.165, 1.54) is 6.21 Å². The molecule has 0 spiro atoms. The summed E-state index contributed by atoms with van der Waals surface area (Å²) in [7, 11) is 0. The zero-order valence-corrected chi connectivity index (χ0v) is 13.7. The molecule has 1 amide bonds. The third-order valence-electron chi connectivity index (χ3n) is 3.63. The molecule has 0 fully saturated rings. The van der Waals surface area contributed by atoms with Gasteiger partial charge in [-0.15, -0.1) is 0 Å². The normalized spacial score (nSPS) is 10.2. The predicted molar refractivity (Wildman–Crippen MR) is 102 cm³/mol. The van der Waals surface area contributed by atoms with Crippen LogP contribution in [0.25, 0.3) is 0 Å². The minimum Gasteiger partial charge on any atom is -0.398 e. The van der Waals surface area contributed by atoms with E-state index in [2.05, 4.69) is 20.6 Å². The van der Waals surface area contributed by atoms with E-state index in [-0.39, 0.29) is 0 Å². The van der Waals surface area contributed by atoms with Crippen LogP contribution in [0.2, 0.25) is 0 Å². The molecule has 130 valence electrons. The van der Waals surface area contributed by atoms with Crippen LogP contribution in [0.15, 0.2) is 54.7 Å². The molecule has 2 aromatic carbocycles. The molecule has 0 saturated carbocycles. The topological polar surface area (TPSA) is 143 Å². The summed E-state index contributed by atoms with van der Waals surface area (Å²) >= 11 is 0. The number of nitrogens with one attached hydrogen (secondary N) is 3. The Hall–Kier alpha value is -3.94. The first-order valence-corrected chi connectivity index (χ1v) is 7.73. The van der Waals surface area contributed by atoms with Crippen LogP contribution in [-0.2, 0) is 0 Å². The van der Waals surface area contributed by atoms with Crippen LogP contribution in [0, 0.1) is 5.41 Å². The number of hydrogen-bond acceptors (Lipinski definition) is 7. The van der Waals surface area contributed by atoms with Crippen molar-refractivity contribution in [1.29, 1.82) is 5.41 Å². The summed E-state index contributed by atoms with van der Waals surface area (Å²) in [5.74, 6) is 0.440. The van der Waals surface area contributed by atoms with E-state index < -0.39 is 5.91 Å². The smallest absolute Gasteiger partial charge is 0.248 e. The number of benzene rings is 2. The molecule has 0 radical (unpaired) electrons. The summed E-state index contributed by atoms with van der Waals surface area (Å²) in [5.41, 5.74) is 14.0. The molecule has 8 nitrogen and oxygen atoms in total. The maximum Gasteiger partial charge on any atom is 0.248 e. The number of primary amides is 1. The van der Waals surface area contributed by atoms with E-state index in [4.69, 9.17) is 16.9 Å². The molecule has 26 heavy (non-hydrogen) atoms. The zero-order valence-electron chi connectivity index (χ0n) is 13.7. The van der Waals surface area contributed by atoms with Gasteiger partial charge >= 0.3 is 0 Å². The van der Waals surface area contributed by atoms with Gasteiger partial charge in [0.2, 0.25) is 11.9 Å². The number of nitrogens with two attached hydrogens (primary N) is 2. The average molecular weight is 347 g/mol. The number of nitrogen functional groups attached to an aromatic ring is 1. The highest BCUT2D eigenvalue weighted by Crippen LogP contribution is 2.23. The number of carbonyl (C=O) groups excluding carboxylic acids is 1. The summed E-state index contributed by atoms with van der Waals surface area (Å²) in [6.07, 6.45) is 2.80. The van der Waals surface area contributed by atoms with Gasteiger partial charge in [-0.05, 0) is 42.5 Å². The highest BCUT2D eigenvalue weighted by atomic mass is 16.1. The Labute approximate surface area is 149 Å². The second-order valence-corrected chi connectivity index (χ2v) is 5.41. The molecule has 0 aliphatic carbocycles. The first-order valence-electron chi connectivity index (χ1n) is 7.73. The lowest BCUT2D eigenvalue weighted by Crippen LogP contribution is -2.10. The van der Waals surface area contributed by atoms with E-state index in [0.29, 0.717) is 34.3 Å². The second kappa shape index (κ2) is 7.31. The lowest BCUT2D eigenvalue weighted by atomic mass is 10.1. The van der Waals surface area contributed by atoms with Crippen LogP contribution >= 0.6 is 0 Å². The Balaban J connectivity index is 1.79. The number of hydrogen-bond donors (Lipinski definition) is 5. The van der Waals surface area contributed by atoms with Crippen LogP contribution in [-0.4, -0.2) is 22.1 Å². The van der Waals surface area contributed by atoms with Gasteiger partial charge in [-0.1, -0.05) is 6.07 Å². The van der Waals surface area contributed by atoms with E-state index in [9.17, 15) is 4.79 Å². The van der Waals surface area contributed by atoms with Gasteiger partial charge in [-0.2, -0.15) is 4.98 Å². The molecule has 1 heterocycles. The lowest BCUT2D eigenvalue weighted by molar-refractivity contribution is 0.100. The monoisotopic (exact) mass is 347 g/mol. The number of aromatic nitrogens is 2. The van der Waals surface area contributed by atoms with Crippen LogP contribution in [0.4, 0.5) is 28.8 Å². The second-order valence-electron chi connectivity index (χ2n) is 5.41. The predicted octanol–water partition coefficient (Wildman–Crippen LogP) is 2.64. The van der Waals surface area contributed by atoms with E-state index in [1.54, 1.807) is 48.7 Å². The van der Waals surface area contributed by atoms with E-state index >= 15 is 0 Å². The van der Waals surface area contributed by atoms with Gasteiger partial charge in [0.05, 0.1) is 5.69 Å². The van der Waals surface area contributed by atoms with Gasteiger partial charge in [-0.25, -0.2) is 4.98 Å². The fourth-order valence-corrected chi connectivity index (χ4v) is 2.33. The molecule has 0 bridgehead atoms. The lowest BCUT2D eigenvalue weighted by Gasteiger charge is -2.11. The molecule has 3 aromatic rings. The third-order valence-corrected chi connectivity index (χ3v) is 3.63. The molecule has 3 rings (SSSR count). The van der Waals surface area contributed by atoms with Crippen molar-refractivity contribution in [1.82, 2.24) is 9.97 Å². The van der Waals surface area contributed by atoms with Crippen molar-refractivity contribution in [2.24, 2.45) is 5.73 Å². The maximum atomic E-state index is 11.1. The van der Waals surface area contributed by atoms with Gasteiger partial charge in [0, 0.05) is 34.9 Å². The number of carbonyl (C=O) groups is 1. The maximum absolute atomic E-state index is 11.1. The first-order chi connectivity index (χ1) is 12.6. The van der Waals surface area contributed by atoms with Crippen LogP contribution in [0.3, 0.4) is 0 Å². The fourth-order valence-electron chi connectivity index (χ4n) is 2.33. The summed E-state index contributed by atoms with van der Waals surface area (Å²) in [5, 5.41) is 13.7. The van der Waals surface area contributed by atoms with Gasteiger partial charge < -0.3 is 27.5 Å². The molecule has 0 aliphatic rings. The summed E-state index contributed by atoms with van der Waals surface area (Å²) in [6, 6.07) is 13.7. The molecule has 1 aromatic heterocycles. The Morgan fingerprint density at radius 3 is 2.54 bits per heavy atom. The molecule has 0 aliphatic heterocycles. The minimum absolute atomic E-state index is 0.377. The first kappa shape index (κ1) is 16.9. The van der Waals surface area contributed by atoms with Crippen molar-refractivity contribution in [3.8, 4) is 0 Å². The zero-order chi connectivity index (χ0) is 18.5. The Bertz CT molecular complexity index is 954. The van der Waals surface area contributed by atoms with Gasteiger partial charge in [0.15, 0.2) is 0 Å². The van der Waals surface area contributed by atoms with Crippen molar-refractivity contribution < 1.29 is 4.79 Å². The molecule has 8 heteroatoms. The number of nitrogens with zero attached hydrogens (tertiary/aromatic N) is 2. The van der Waals surface area contributed by atoms with Crippen LogP contribution in [0.5, 0.6) is 0 Å². The minimum atomic E-state index is -0.483. The van der Waals surface area contributed by atoms with E-state index in [0.717, 1.165) is 5.69 Å². The van der Waals surface area contributed by atoms with E-state index in [1.807, 2.05) is 6.07 Å². The van der Waals surface area contributed by atoms with Gasteiger partial charge in [0.25, 0.3) is 0 Å². The quantitative estimate of drug-likeness (QED) is 0.342. The fraction of sp³-hybridized carbons (Fsp3) is 0. The van der Waals surface area contributed by atoms with Gasteiger partial charge in [0.1, 0.15) is 5.82 Å². The highest BCUT2D eigenvalue weighted by molar-refractivity contribution is 5.94. The number of amides is 1. The summed E-state index contributed by atoms with van der Waals surface area (Å²) in [4.78, 5) is 19.7. The van der Waals surface area contributed by atoms with Crippen molar-refractivity contribution >= 4 is 41.0 Å². The van der Waals surface area contributed by atoms with Crippen molar-refractivity contribution in [2.75, 3.05) is 16.4 Å². The van der Waals surface area contributed by atoms with Crippen molar-refractivity contribution in [2.45, 2.75) is 0 Å². The Kier molecular flexibility index (Phi) is 4.75. The molecule has 7 N–H and O–H groups in total. The highest BCUT2D eigenvalue weighted by Gasteiger charge is 2.06. The number of rotatable bonds is 6. The molecule has 0 unspecified atom stereocenters. The standard InChI is InChI=1S/C18H17N7O/c19-10-13-14(20)2-1-3-15(13)24-16-8-9-22-18(25-16)23-12-6-4-11(5-7-12)17(21)26/h1-10,19H,20H2,(H2,21,26)(H2,22,23,24,25). The molecule has 0 saturated heterocycles. The van der Waals surface area contributed by atoms with Crippen LogP contribution in [0.1, 0.15) is 15.9 Å². The summed E-state index contributed by atoms with van der Waals surface area (Å²) in [6.45, 7) is 0. The third kappa shape index (κ3) is 3.75. The van der Waals surface area contributed by atoms with Crippen molar-refractivity contribution in [3.05, 3.63) is 65.9 Å². The SMILES string of the molecule is N=Cc1c(N)cccc1Nc1ccnc(Nc2ccc(C(N)=O)cc2)n1. The molecular weight excluding hydrogens is 330 g/mol. The number of anilines is 5. The van der Waals surface area contributed by atoms with Crippen LogP contribution < -0.4 is 22.1 Å². The molecule has 0 atom stereocenters.